The quantitative estimate of drug-likeness (QED) is 0.847. The second-order valence-corrected chi connectivity index (χ2v) is 4.91. The van der Waals surface area contributed by atoms with Crippen LogP contribution in [0.2, 0.25) is 0 Å². The van der Waals surface area contributed by atoms with Gasteiger partial charge in [-0.15, -0.1) is 0 Å². The average molecular weight is 279 g/mol. The first-order valence-corrected chi connectivity index (χ1v) is 6.86. The first-order chi connectivity index (χ1) is 9.69. The second-order valence-electron chi connectivity index (χ2n) is 4.91. The van der Waals surface area contributed by atoms with E-state index < -0.39 is 6.04 Å². The number of benzene rings is 1. The van der Waals surface area contributed by atoms with Crippen molar-refractivity contribution in [3.8, 4) is 5.75 Å². The molecule has 5 nitrogen and oxygen atoms in total. The smallest absolute Gasteiger partial charge is 0.325 e. The zero-order valence-corrected chi connectivity index (χ0v) is 11.9. The van der Waals surface area contributed by atoms with Crippen molar-refractivity contribution in [2.24, 2.45) is 0 Å². The average Bonchev–Trinajstić information content (AvgIpc) is 2.49. The molecule has 1 aliphatic heterocycles. The summed E-state index contributed by atoms with van der Waals surface area (Å²) < 4.78 is 16.8. The van der Waals surface area contributed by atoms with E-state index in [-0.39, 0.29) is 24.8 Å². The number of esters is 1. The number of para-hydroxylation sites is 1. The van der Waals surface area contributed by atoms with Gasteiger partial charge in [-0.25, -0.2) is 0 Å². The summed E-state index contributed by atoms with van der Waals surface area (Å²) in [7, 11) is 1.72. The van der Waals surface area contributed by atoms with Gasteiger partial charge in [0.05, 0.1) is 13.2 Å². The van der Waals surface area contributed by atoms with Crippen molar-refractivity contribution >= 4 is 5.97 Å². The van der Waals surface area contributed by atoms with E-state index in [1.807, 2.05) is 37.3 Å². The van der Waals surface area contributed by atoms with Crippen LogP contribution in [0.25, 0.3) is 0 Å². The Morgan fingerprint density at radius 3 is 2.70 bits per heavy atom. The summed E-state index contributed by atoms with van der Waals surface area (Å²) in [5.74, 6) is 0.518. The molecule has 1 aromatic carbocycles. The first kappa shape index (κ1) is 14.8. The van der Waals surface area contributed by atoms with Crippen molar-refractivity contribution in [1.82, 2.24) is 5.32 Å². The normalized spacial score (nSPS) is 27.9. The third-order valence-corrected chi connectivity index (χ3v) is 3.18. The molecule has 3 atom stereocenters. The summed E-state index contributed by atoms with van der Waals surface area (Å²) in [6, 6.07) is 9.17. The van der Waals surface area contributed by atoms with Gasteiger partial charge >= 0.3 is 5.97 Å². The largest absolute Gasteiger partial charge is 0.488 e. The van der Waals surface area contributed by atoms with Gasteiger partial charge in [-0.3, -0.25) is 4.79 Å². The zero-order chi connectivity index (χ0) is 14.4. The Bertz CT molecular complexity index is 423. The lowest BCUT2D eigenvalue weighted by Gasteiger charge is -2.21. The molecular formula is C15H21NO4. The molecule has 0 amide bonds. The number of ether oxygens (including phenoxy) is 3. The van der Waals surface area contributed by atoms with Gasteiger partial charge in [-0.05, 0) is 26.1 Å². The molecule has 20 heavy (non-hydrogen) atoms. The molecule has 0 spiro atoms. The monoisotopic (exact) mass is 279 g/mol. The molecule has 110 valence electrons. The van der Waals surface area contributed by atoms with Crippen LogP contribution in [0.4, 0.5) is 0 Å². The molecule has 0 radical (unpaired) electrons. The summed E-state index contributed by atoms with van der Waals surface area (Å²) in [4.78, 5) is 11.8. The van der Waals surface area contributed by atoms with E-state index in [2.05, 4.69) is 5.32 Å². The maximum absolute atomic E-state index is 11.8. The van der Waals surface area contributed by atoms with E-state index in [0.29, 0.717) is 13.0 Å². The van der Waals surface area contributed by atoms with E-state index in [0.717, 1.165) is 5.75 Å². The van der Waals surface area contributed by atoms with Crippen LogP contribution >= 0.6 is 0 Å². The van der Waals surface area contributed by atoms with Crippen molar-refractivity contribution in [1.29, 1.82) is 0 Å². The van der Waals surface area contributed by atoms with E-state index in [1.54, 1.807) is 7.05 Å². The Balaban J connectivity index is 1.99. The van der Waals surface area contributed by atoms with Crippen molar-refractivity contribution in [3.05, 3.63) is 30.3 Å². The molecule has 1 aromatic rings. The van der Waals surface area contributed by atoms with Crippen molar-refractivity contribution in [2.75, 3.05) is 20.3 Å². The molecule has 2 rings (SSSR count). The van der Waals surface area contributed by atoms with Gasteiger partial charge in [-0.2, -0.15) is 0 Å². The second kappa shape index (κ2) is 7.26. The highest BCUT2D eigenvalue weighted by molar-refractivity contribution is 5.76. The molecule has 5 heteroatoms. The van der Waals surface area contributed by atoms with Crippen LogP contribution in [-0.4, -0.2) is 44.5 Å². The molecule has 0 bridgehead atoms. The van der Waals surface area contributed by atoms with Gasteiger partial charge in [0.25, 0.3) is 0 Å². The minimum atomic E-state index is -0.423. The number of carbonyl (C=O) groups is 1. The van der Waals surface area contributed by atoms with Gasteiger partial charge in [0, 0.05) is 6.42 Å². The molecule has 0 saturated carbocycles. The van der Waals surface area contributed by atoms with E-state index in [4.69, 9.17) is 14.2 Å². The fourth-order valence-electron chi connectivity index (χ4n) is 2.13. The molecule has 1 aliphatic rings. The maximum Gasteiger partial charge on any atom is 0.325 e. The van der Waals surface area contributed by atoms with Crippen LogP contribution in [0.5, 0.6) is 5.75 Å². The number of hydrogen-bond acceptors (Lipinski definition) is 5. The third-order valence-electron chi connectivity index (χ3n) is 3.18. The summed E-state index contributed by atoms with van der Waals surface area (Å²) in [5, 5.41) is 2.89. The summed E-state index contributed by atoms with van der Waals surface area (Å²) in [5.41, 5.74) is 0. The number of nitrogens with one attached hydrogen (secondary N) is 1. The lowest BCUT2D eigenvalue weighted by Crippen LogP contribution is -2.40. The van der Waals surface area contributed by atoms with Crippen molar-refractivity contribution < 1.29 is 19.0 Å². The highest BCUT2D eigenvalue weighted by atomic mass is 16.6. The van der Waals surface area contributed by atoms with Crippen LogP contribution in [0.15, 0.2) is 30.3 Å². The van der Waals surface area contributed by atoms with E-state index >= 15 is 0 Å². The molecule has 1 heterocycles. The summed E-state index contributed by atoms with van der Waals surface area (Å²) in [6.07, 6.45) is 0.279. The minimum Gasteiger partial charge on any atom is -0.488 e. The van der Waals surface area contributed by atoms with Crippen molar-refractivity contribution in [3.63, 3.8) is 0 Å². The predicted molar refractivity (Wildman–Crippen MR) is 74.7 cm³/mol. The fraction of sp³-hybridized carbons (Fsp3) is 0.533. The molecule has 2 unspecified atom stereocenters. The molecular weight excluding hydrogens is 258 g/mol. The topological polar surface area (TPSA) is 56.8 Å². The van der Waals surface area contributed by atoms with Gasteiger partial charge < -0.3 is 19.5 Å². The molecule has 0 aromatic heterocycles. The van der Waals surface area contributed by atoms with Crippen LogP contribution in [-0.2, 0) is 14.3 Å². The number of rotatable bonds is 3. The number of carbonyl (C=O) groups excluding carboxylic acids is 1. The van der Waals surface area contributed by atoms with Gasteiger partial charge in [0.1, 0.15) is 24.0 Å². The Morgan fingerprint density at radius 1 is 1.25 bits per heavy atom. The van der Waals surface area contributed by atoms with Gasteiger partial charge in [0.15, 0.2) is 0 Å². The highest BCUT2D eigenvalue weighted by Crippen LogP contribution is 2.16. The highest BCUT2D eigenvalue weighted by Gasteiger charge is 2.26. The molecule has 1 saturated heterocycles. The van der Waals surface area contributed by atoms with E-state index in [1.165, 1.54) is 0 Å². The lowest BCUT2D eigenvalue weighted by atomic mass is 10.2. The molecule has 1 fully saturated rings. The maximum atomic E-state index is 11.8. The Hall–Kier alpha value is -1.59. The Kier molecular flexibility index (Phi) is 5.38. The Labute approximate surface area is 119 Å². The standard InChI is InChI=1S/C15H21NO4/c1-11-8-13(20-12-6-4-3-5-7-12)9-18-10-14(16-2)15(17)19-11/h3-7,11,13-14,16H,8-10H2,1-2H3/t11?,13?,14-/m0/s1. The zero-order valence-electron chi connectivity index (χ0n) is 11.9. The van der Waals surface area contributed by atoms with Crippen LogP contribution < -0.4 is 10.1 Å². The van der Waals surface area contributed by atoms with Crippen LogP contribution in [0.3, 0.4) is 0 Å². The first-order valence-electron chi connectivity index (χ1n) is 6.86. The fourth-order valence-corrected chi connectivity index (χ4v) is 2.13. The van der Waals surface area contributed by atoms with Crippen LogP contribution in [0.1, 0.15) is 13.3 Å². The predicted octanol–water partition coefficient (Wildman–Crippen LogP) is 1.37. The van der Waals surface area contributed by atoms with Crippen LogP contribution in [0, 0.1) is 0 Å². The minimum absolute atomic E-state index is 0.129. The van der Waals surface area contributed by atoms with E-state index in [9.17, 15) is 4.79 Å². The Morgan fingerprint density at radius 2 is 2.00 bits per heavy atom. The SMILES string of the molecule is CN[C@H]1COCC(Oc2ccccc2)CC(C)OC1=O. The lowest BCUT2D eigenvalue weighted by molar-refractivity contribution is -0.151. The molecule has 1 N–H and O–H groups in total. The molecule has 0 aliphatic carbocycles. The number of likely N-dealkylation sites (N-methyl/N-ethyl adjacent to an activating group) is 1. The van der Waals surface area contributed by atoms with Gasteiger partial charge in [0.2, 0.25) is 0 Å². The summed E-state index contributed by atoms with van der Waals surface area (Å²) in [6.45, 7) is 2.60. The summed E-state index contributed by atoms with van der Waals surface area (Å²) >= 11 is 0. The number of cyclic esters (lactones) is 1. The third kappa shape index (κ3) is 4.21. The van der Waals surface area contributed by atoms with Crippen molar-refractivity contribution in [2.45, 2.75) is 31.6 Å². The van der Waals surface area contributed by atoms with Gasteiger partial charge in [-0.1, -0.05) is 18.2 Å². The number of hydrogen-bond donors (Lipinski definition) is 1.